The molecule has 54 heavy (non-hydrogen) atoms. The molecule has 14 heteroatoms. The average molecular weight is 748 g/mol. The molecule has 0 bridgehead atoms. The number of likely N-dealkylation sites (tertiary alicyclic amines) is 1. The molecule has 0 spiro atoms. The second-order valence-corrected chi connectivity index (χ2v) is 13.9. The number of halogens is 5. The van der Waals surface area contributed by atoms with Crippen LogP contribution in [0.4, 0.5) is 22.0 Å². The summed E-state index contributed by atoms with van der Waals surface area (Å²) in [5.74, 6) is -2.56. The zero-order chi connectivity index (χ0) is 38.8. The van der Waals surface area contributed by atoms with Crippen molar-refractivity contribution in [1.82, 2.24) is 24.3 Å². The van der Waals surface area contributed by atoms with E-state index < -0.39 is 40.4 Å². The fourth-order valence-electron chi connectivity index (χ4n) is 6.84. The van der Waals surface area contributed by atoms with E-state index in [1.54, 1.807) is 59.7 Å². The van der Waals surface area contributed by atoms with Crippen LogP contribution in [-0.4, -0.2) is 66.0 Å². The molecule has 3 aromatic carbocycles. The summed E-state index contributed by atoms with van der Waals surface area (Å²) in [6, 6.07) is 18.1. The van der Waals surface area contributed by atoms with Crippen LogP contribution in [0.2, 0.25) is 0 Å². The molecule has 9 nitrogen and oxygen atoms in total. The zero-order valence-electron chi connectivity index (χ0n) is 29.6. The van der Waals surface area contributed by atoms with Crippen LogP contribution in [0, 0.1) is 11.6 Å². The number of carboxylic acid groups (broad SMARTS) is 1. The third kappa shape index (κ3) is 8.33. The number of carboxylic acids is 1. The first-order valence-corrected chi connectivity index (χ1v) is 17.4. The Labute approximate surface area is 307 Å². The van der Waals surface area contributed by atoms with Crippen molar-refractivity contribution >= 4 is 22.9 Å². The fourth-order valence-corrected chi connectivity index (χ4v) is 6.84. The van der Waals surface area contributed by atoms with Gasteiger partial charge in [-0.25, -0.2) is 13.8 Å². The molecule has 1 amide bonds. The summed E-state index contributed by atoms with van der Waals surface area (Å²) >= 11 is 0. The number of fused-ring (bicyclic) bond motifs is 1. The van der Waals surface area contributed by atoms with Gasteiger partial charge in [0, 0.05) is 44.4 Å². The molecule has 0 atom stereocenters. The van der Waals surface area contributed by atoms with Gasteiger partial charge in [-0.05, 0) is 85.7 Å². The number of hydrogen-bond acceptors (Lipinski definition) is 6. The Hall–Kier alpha value is -5.50. The smallest absolute Gasteiger partial charge is 0.416 e. The van der Waals surface area contributed by atoms with E-state index in [2.05, 4.69) is 9.97 Å². The SMILES string of the molecule is CC(C)(C(=O)O)N1CCC(N(Cc2ccc(-c3ccc(C(F)(F)F)cc3)cc2)C(=O)Cn2c(CCc3ccc(F)cc3F)nc(=O)c3cccnc32)CC1. The van der Waals surface area contributed by atoms with Gasteiger partial charge < -0.3 is 14.6 Å². The molecule has 6 rings (SSSR count). The van der Waals surface area contributed by atoms with Gasteiger partial charge in [-0.3, -0.25) is 19.3 Å². The van der Waals surface area contributed by atoms with Gasteiger partial charge in [-0.1, -0.05) is 42.5 Å². The number of aliphatic carboxylic acids is 1. The van der Waals surface area contributed by atoms with Crippen LogP contribution in [-0.2, 0) is 41.7 Å². The highest BCUT2D eigenvalue weighted by Crippen LogP contribution is 2.32. The van der Waals surface area contributed by atoms with Gasteiger partial charge in [-0.15, -0.1) is 0 Å². The van der Waals surface area contributed by atoms with Gasteiger partial charge in [0.15, 0.2) is 0 Å². The Morgan fingerprint density at radius 2 is 1.56 bits per heavy atom. The largest absolute Gasteiger partial charge is 0.480 e. The highest BCUT2D eigenvalue weighted by molar-refractivity contribution is 5.80. The van der Waals surface area contributed by atoms with E-state index >= 15 is 0 Å². The van der Waals surface area contributed by atoms with Crippen LogP contribution in [0.25, 0.3) is 22.2 Å². The summed E-state index contributed by atoms with van der Waals surface area (Å²) in [5.41, 5.74) is 0.0414. The summed E-state index contributed by atoms with van der Waals surface area (Å²) in [7, 11) is 0. The first-order chi connectivity index (χ1) is 25.6. The van der Waals surface area contributed by atoms with Crippen LogP contribution in [0.5, 0.6) is 0 Å². The maximum Gasteiger partial charge on any atom is 0.416 e. The first-order valence-electron chi connectivity index (χ1n) is 17.4. The monoisotopic (exact) mass is 747 g/mol. The zero-order valence-corrected chi connectivity index (χ0v) is 29.6. The summed E-state index contributed by atoms with van der Waals surface area (Å²) in [6.45, 7) is 3.99. The minimum absolute atomic E-state index is 0.0473. The number of benzene rings is 3. The molecule has 2 aromatic heterocycles. The van der Waals surface area contributed by atoms with Crippen LogP contribution < -0.4 is 5.56 Å². The molecule has 282 valence electrons. The number of amides is 1. The first kappa shape index (κ1) is 38.2. The van der Waals surface area contributed by atoms with Gasteiger partial charge >= 0.3 is 12.1 Å². The number of carbonyl (C=O) groups excluding carboxylic acids is 1. The average Bonchev–Trinajstić information content (AvgIpc) is 3.14. The Kier molecular flexibility index (Phi) is 10.9. The molecular formula is C40H38F5N5O4. The number of nitrogens with zero attached hydrogens (tertiary/aromatic N) is 5. The van der Waals surface area contributed by atoms with Gasteiger partial charge in [0.25, 0.3) is 5.56 Å². The molecule has 1 aliphatic heterocycles. The van der Waals surface area contributed by atoms with Crippen molar-refractivity contribution in [1.29, 1.82) is 0 Å². The normalized spacial score (nSPS) is 14.4. The fraction of sp³-hybridized carbons (Fsp3) is 0.325. The van der Waals surface area contributed by atoms with Crippen molar-refractivity contribution in [3.05, 3.63) is 130 Å². The maximum atomic E-state index is 14.6. The van der Waals surface area contributed by atoms with E-state index in [9.17, 15) is 41.4 Å². The molecule has 0 unspecified atom stereocenters. The van der Waals surface area contributed by atoms with Gasteiger partial charge in [0.2, 0.25) is 5.91 Å². The van der Waals surface area contributed by atoms with Crippen molar-refractivity contribution in [2.45, 2.75) is 70.4 Å². The molecule has 0 saturated carbocycles. The lowest BCUT2D eigenvalue weighted by Gasteiger charge is -2.43. The number of aryl methyl sites for hydroxylation is 2. The molecule has 3 heterocycles. The standard InChI is InChI=1S/C40H38F5N5O4/c1-39(2,38(53)54)48-20-17-31(18-21-48)49(23-25-5-7-26(8-6-25)27-9-13-29(14-10-27)40(43,44)45)35(51)24-50-34(16-12-28-11-15-30(41)22-33(28)42)47-37(52)32-4-3-19-46-36(32)50/h3-11,13-15,19,22,31H,12,16-18,20-21,23-24H2,1-2H3,(H,53,54). The Morgan fingerprint density at radius 3 is 2.17 bits per heavy atom. The predicted molar refractivity (Wildman–Crippen MR) is 191 cm³/mol. The molecule has 1 saturated heterocycles. The van der Waals surface area contributed by atoms with Gasteiger partial charge in [0.05, 0.1) is 10.9 Å². The summed E-state index contributed by atoms with van der Waals surface area (Å²) in [4.78, 5) is 51.8. The molecule has 1 N–H and O–H groups in total. The minimum Gasteiger partial charge on any atom is -0.480 e. The quantitative estimate of drug-likeness (QED) is 0.147. The van der Waals surface area contributed by atoms with E-state index in [4.69, 9.17) is 0 Å². The number of hydrogen-bond donors (Lipinski definition) is 1. The third-order valence-electron chi connectivity index (χ3n) is 10.1. The van der Waals surface area contributed by atoms with Gasteiger partial charge in [0.1, 0.15) is 35.2 Å². The Balaban J connectivity index is 1.30. The molecule has 5 aromatic rings. The van der Waals surface area contributed by atoms with E-state index in [-0.39, 0.29) is 60.3 Å². The second kappa shape index (κ2) is 15.5. The molecule has 0 radical (unpaired) electrons. The minimum atomic E-state index is -4.45. The third-order valence-corrected chi connectivity index (χ3v) is 10.1. The highest BCUT2D eigenvalue weighted by Gasteiger charge is 2.38. The van der Waals surface area contributed by atoms with E-state index in [0.29, 0.717) is 37.1 Å². The van der Waals surface area contributed by atoms with E-state index in [1.165, 1.54) is 24.4 Å². The lowest BCUT2D eigenvalue weighted by molar-refractivity contribution is -0.151. The molecule has 1 fully saturated rings. The Bertz CT molecular complexity index is 2210. The lowest BCUT2D eigenvalue weighted by Crippen LogP contribution is -2.56. The topological polar surface area (TPSA) is 109 Å². The number of piperidine rings is 1. The van der Waals surface area contributed by atoms with Crippen LogP contribution in [0.3, 0.4) is 0 Å². The lowest BCUT2D eigenvalue weighted by atomic mass is 9.95. The predicted octanol–water partition coefficient (Wildman–Crippen LogP) is 6.90. The summed E-state index contributed by atoms with van der Waals surface area (Å²) < 4.78 is 69.0. The van der Waals surface area contributed by atoms with Crippen LogP contribution >= 0.6 is 0 Å². The molecule has 0 aliphatic carbocycles. The highest BCUT2D eigenvalue weighted by atomic mass is 19.4. The van der Waals surface area contributed by atoms with Crippen molar-refractivity contribution in [3.8, 4) is 11.1 Å². The van der Waals surface area contributed by atoms with Crippen LogP contribution in [0.1, 0.15) is 49.2 Å². The summed E-state index contributed by atoms with van der Waals surface area (Å²) in [6.07, 6.45) is -1.90. The number of rotatable bonds is 11. The van der Waals surface area contributed by atoms with E-state index in [0.717, 1.165) is 29.8 Å². The van der Waals surface area contributed by atoms with Crippen molar-refractivity contribution in [2.75, 3.05) is 13.1 Å². The number of alkyl halides is 3. The number of aromatic nitrogens is 3. The number of pyridine rings is 1. The number of carbonyl (C=O) groups is 2. The van der Waals surface area contributed by atoms with Crippen LogP contribution in [0.15, 0.2) is 89.9 Å². The maximum absolute atomic E-state index is 14.6. The molecule has 1 aliphatic rings. The second-order valence-electron chi connectivity index (χ2n) is 13.9. The Morgan fingerprint density at radius 1 is 0.907 bits per heavy atom. The van der Waals surface area contributed by atoms with E-state index in [1.807, 2.05) is 4.90 Å². The van der Waals surface area contributed by atoms with Crippen molar-refractivity contribution in [2.24, 2.45) is 0 Å². The summed E-state index contributed by atoms with van der Waals surface area (Å²) in [5, 5.41) is 10.0. The van der Waals surface area contributed by atoms with Crippen molar-refractivity contribution in [3.63, 3.8) is 0 Å². The molecular weight excluding hydrogens is 709 g/mol. The van der Waals surface area contributed by atoms with Crippen molar-refractivity contribution < 1.29 is 36.6 Å². The van der Waals surface area contributed by atoms with Gasteiger partial charge in [-0.2, -0.15) is 18.2 Å².